The SMILES string of the molecule is CCCN(Cc1ccccc1)C(=O)CNC(=O)c1cccc([N+](=O)[O-])c1. The van der Waals surface area contributed by atoms with Gasteiger partial charge in [-0.05, 0) is 18.1 Å². The molecule has 0 aliphatic rings. The molecule has 2 amide bonds. The van der Waals surface area contributed by atoms with Crippen molar-refractivity contribution in [3.63, 3.8) is 0 Å². The van der Waals surface area contributed by atoms with Gasteiger partial charge in [-0.25, -0.2) is 0 Å². The van der Waals surface area contributed by atoms with Gasteiger partial charge >= 0.3 is 0 Å². The highest BCUT2D eigenvalue weighted by molar-refractivity contribution is 5.96. The Bertz CT molecular complexity index is 777. The number of nitrogens with zero attached hydrogens (tertiary/aromatic N) is 2. The summed E-state index contributed by atoms with van der Waals surface area (Å²) in [6, 6.07) is 15.0. The highest BCUT2D eigenvalue weighted by atomic mass is 16.6. The monoisotopic (exact) mass is 355 g/mol. The minimum atomic E-state index is -0.565. The van der Waals surface area contributed by atoms with Crippen molar-refractivity contribution >= 4 is 17.5 Å². The van der Waals surface area contributed by atoms with E-state index in [2.05, 4.69) is 5.32 Å². The van der Waals surface area contributed by atoms with Crippen molar-refractivity contribution in [2.45, 2.75) is 19.9 Å². The van der Waals surface area contributed by atoms with Crippen molar-refractivity contribution in [2.75, 3.05) is 13.1 Å². The number of amides is 2. The summed E-state index contributed by atoms with van der Waals surface area (Å²) in [5.41, 5.74) is 0.997. The first-order valence-corrected chi connectivity index (χ1v) is 8.35. The molecule has 1 N–H and O–H groups in total. The fraction of sp³-hybridized carbons (Fsp3) is 0.263. The molecule has 0 fully saturated rings. The lowest BCUT2D eigenvalue weighted by molar-refractivity contribution is -0.384. The minimum absolute atomic E-state index is 0.150. The van der Waals surface area contributed by atoms with E-state index in [1.54, 1.807) is 4.90 Å². The van der Waals surface area contributed by atoms with Crippen molar-refractivity contribution in [3.05, 3.63) is 75.8 Å². The number of nitro benzene ring substituents is 1. The van der Waals surface area contributed by atoms with Crippen LogP contribution < -0.4 is 5.32 Å². The fourth-order valence-electron chi connectivity index (χ4n) is 2.50. The summed E-state index contributed by atoms with van der Waals surface area (Å²) < 4.78 is 0. The number of carbonyl (C=O) groups excluding carboxylic acids is 2. The van der Waals surface area contributed by atoms with Crippen molar-refractivity contribution in [1.29, 1.82) is 0 Å². The average molecular weight is 355 g/mol. The number of non-ortho nitro benzene ring substituents is 1. The van der Waals surface area contributed by atoms with Gasteiger partial charge in [0.05, 0.1) is 11.5 Å². The zero-order valence-electron chi connectivity index (χ0n) is 14.6. The van der Waals surface area contributed by atoms with E-state index in [-0.39, 0.29) is 23.7 Å². The summed E-state index contributed by atoms with van der Waals surface area (Å²) in [6.07, 6.45) is 0.803. The molecule has 0 unspecified atom stereocenters. The number of hydrogen-bond acceptors (Lipinski definition) is 4. The molecule has 26 heavy (non-hydrogen) atoms. The van der Waals surface area contributed by atoms with Gasteiger partial charge in [0.25, 0.3) is 11.6 Å². The van der Waals surface area contributed by atoms with Crippen molar-refractivity contribution in [2.24, 2.45) is 0 Å². The number of carbonyl (C=O) groups is 2. The molecular weight excluding hydrogens is 334 g/mol. The summed E-state index contributed by atoms with van der Waals surface area (Å²) in [5.74, 6) is -0.715. The lowest BCUT2D eigenvalue weighted by Gasteiger charge is -2.22. The van der Waals surface area contributed by atoms with Gasteiger partial charge in [-0.3, -0.25) is 19.7 Å². The van der Waals surface area contributed by atoms with E-state index in [0.717, 1.165) is 12.0 Å². The van der Waals surface area contributed by atoms with E-state index >= 15 is 0 Å². The lowest BCUT2D eigenvalue weighted by atomic mass is 10.2. The van der Waals surface area contributed by atoms with Gasteiger partial charge in [0, 0.05) is 30.8 Å². The highest BCUT2D eigenvalue weighted by Gasteiger charge is 2.16. The van der Waals surface area contributed by atoms with Crippen LogP contribution in [0.5, 0.6) is 0 Å². The van der Waals surface area contributed by atoms with Crippen LogP contribution in [0.3, 0.4) is 0 Å². The van der Waals surface area contributed by atoms with Gasteiger partial charge in [0.2, 0.25) is 5.91 Å². The Morgan fingerprint density at radius 3 is 2.50 bits per heavy atom. The second kappa shape index (κ2) is 9.31. The maximum atomic E-state index is 12.5. The van der Waals surface area contributed by atoms with Gasteiger partial charge < -0.3 is 10.2 Å². The molecule has 7 heteroatoms. The normalized spacial score (nSPS) is 10.2. The van der Waals surface area contributed by atoms with Crippen LogP contribution in [-0.4, -0.2) is 34.7 Å². The molecule has 0 saturated carbocycles. The summed E-state index contributed by atoms with van der Waals surface area (Å²) in [7, 11) is 0. The molecule has 0 saturated heterocycles. The van der Waals surface area contributed by atoms with Gasteiger partial charge in [0.15, 0.2) is 0 Å². The molecule has 7 nitrogen and oxygen atoms in total. The molecule has 0 radical (unpaired) electrons. The third-order valence-corrected chi connectivity index (χ3v) is 3.78. The Kier molecular flexibility index (Phi) is 6.84. The number of hydrogen-bond donors (Lipinski definition) is 1. The molecule has 0 spiro atoms. The van der Waals surface area contributed by atoms with E-state index in [1.165, 1.54) is 24.3 Å². The van der Waals surface area contributed by atoms with E-state index in [0.29, 0.717) is 13.1 Å². The first-order chi connectivity index (χ1) is 12.5. The molecular formula is C19H21N3O4. The fourth-order valence-corrected chi connectivity index (χ4v) is 2.50. The van der Waals surface area contributed by atoms with Gasteiger partial charge in [-0.15, -0.1) is 0 Å². The van der Waals surface area contributed by atoms with Crippen molar-refractivity contribution in [3.8, 4) is 0 Å². The number of nitro groups is 1. The third-order valence-electron chi connectivity index (χ3n) is 3.78. The standard InChI is InChI=1S/C19H21N3O4/c1-2-11-21(14-15-7-4-3-5-8-15)18(23)13-20-19(24)16-9-6-10-17(12-16)22(25)26/h3-10,12H,2,11,13-14H2,1H3,(H,20,24). The zero-order chi connectivity index (χ0) is 18.9. The molecule has 0 aromatic heterocycles. The van der Waals surface area contributed by atoms with E-state index in [9.17, 15) is 19.7 Å². The Morgan fingerprint density at radius 2 is 1.85 bits per heavy atom. The van der Waals surface area contributed by atoms with Crippen molar-refractivity contribution in [1.82, 2.24) is 10.2 Å². The average Bonchev–Trinajstić information content (AvgIpc) is 2.66. The molecule has 2 rings (SSSR count). The van der Waals surface area contributed by atoms with Gasteiger partial charge in [0.1, 0.15) is 0 Å². The van der Waals surface area contributed by atoms with Crippen molar-refractivity contribution < 1.29 is 14.5 Å². The summed E-state index contributed by atoms with van der Waals surface area (Å²) in [5, 5.41) is 13.3. The molecule has 0 atom stereocenters. The van der Waals surface area contributed by atoms with Crippen LogP contribution in [0.1, 0.15) is 29.3 Å². The first kappa shape index (κ1) is 19.1. The maximum absolute atomic E-state index is 12.5. The van der Waals surface area contributed by atoms with Gasteiger partial charge in [-0.1, -0.05) is 43.3 Å². The predicted octanol–water partition coefficient (Wildman–Crippen LogP) is 2.76. The Morgan fingerprint density at radius 1 is 1.12 bits per heavy atom. The van der Waals surface area contributed by atoms with E-state index in [4.69, 9.17) is 0 Å². The summed E-state index contributed by atoms with van der Waals surface area (Å²) >= 11 is 0. The van der Waals surface area contributed by atoms with Crippen LogP contribution in [0.15, 0.2) is 54.6 Å². The number of rotatable bonds is 8. The third kappa shape index (κ3) is 5.41. The zero-order valence-corrected chi connectivity index (χ0v) is 14.6. The minimum Gasteiger partial charge on any atom is -0.343 e. The molecule has 0 heterocycles. The molecule has 136 valence electrons. The van der Waals surface area contributed by atoms with E-state index < -0.39 is 10.8 Å². The Balaban J connectivity index is 1.97. The molecule has 0 aliphatic carbocycles. The lowest BCUT2D eigenvalue weighted by Crippen LogP contribution is -2.40. The molecule has 0 bridgehead atoms. The molecule has 0 aliphatic heterocycles. The largest absolute Gasteiger partial charge is 0.343 e. The Hall–Kier alpha value is -3.22. The summed E-state index contributed by atoms with van der Waals surface area (Å²) in [6.45, 7) is 2.88. The van der Waals surface area contributed by atoms with Crippen LogP contribution in [0.2, 0.25) is 0 Å². The second-order valence-corrected chi connectivity index (χ2v) is 5.79. The first-order valence-electron chi connectivity index (χ1n) is 8.35. The Labute approximate surface area is 151 Å². The van der Waals surface area contributed by atoms with Crippen LogP contribution in [0, 0.1) is 10.1 Å². The van der Waals surface area contributed by atoms with Crippen LogP contribution in [0.4, 0.5) is 5.69 Å². The van der Waals surface area contributed by atoms with Crippen LogP contribution in [-0.2, 0) is 11.3 Å². The second-order valence-electron chi connectivity index (χ2n) is 5.79. The predicted molar refractivity (Wildman–Crippen MR) is 97.6 cm³/mol. The van der Waals surface area contributed by atoms with Gasteiger partial charge in [-0.2, -0.15) is 0 Å². The number of nitrogens with one attached hydrogen (secondary N) is 1. The topological polar surface area (TPSA) is 92.6 Å². The highest BCUT2D eigenvalue weighted by Crippen LogP contribution is 2.13. The molecule has 2 aromatic rings. The maximum Gasteiger partial charge on any atom is 0.270 e. The quantitative estimate of drug-likeness (QED) is 0.582. The van der Waals surface area contributed by atoms with Crippen LogP contribution >= 0.6 is 0 Å². The number of benzene rings is 2. The van der Waals surface area contributed by atoms with E-state index in [1.807, 2.05) is 37.3 Å². The smallest absolute Gasteiger partial charge is 0.270 e. The summed E-state index contributed by atoms with van der Waals surface area (Å²) in [4.78, 5) is 36.5. The molecule has 2 aromatic carbocycles. The van der Waals surface area contributed by atoms with Crippen LogP contribution in [0.25, 0.3) is 0 Å².